The van der Waals surface area contributed by atoms with Crippen LogP contribution in [0.4, 0.5) is 17.2 Å². The number of amides is 1. The van der Waals surface area contributed by atoms with Crippen LogP contribution in [0.3, 0.4) is 0 Å². The van der Waals surface area contributed by atoms with E-state index >= 15 is 0 Å². The molecular weight excluding hydrogens is 390 g/mol. The van der Waals surface area contributed by atoms with Crippen molar-refractivity contribution in [2.45, 2.75) is 12.8 Å². The minimum Gasteiger partial charge on any atom is -0.354 e. The van der Waals surface area contributed by atoms with Gasteiger partial charge in [-0.1, -0.05) is 18.2 Å². The number of anilines is 2. The first-order valence-corrected chi connectivity index (χ1v) is 10.2. The van der Waals surface area contributed by atoms with Gasteiger partial charge in [-0.15, -0.1) is 21.5 Å². The second-order valence-corrected chi connectivity index (χ2v) is 7.75. The smallest absolute Gasteiger partial charge is 0.292 e. The molecule has 29 heavy (non-hydrogen) atoms. The summed E-state index contributed by atoms with van der Waals surface area (Å²) in [6.45, 7) is 1.29. The van der Waals surface area contributed by atoms with Crippen LogP contribution in [0.1, 0.15) is 12.8 Å². The molecule has 1 aliphatic heterocycles. The van der Waals surface area contributed by atoms with Crippen LogP contribution in [-0.4, -0.2) is 34.1 Å². The second kappa shape index (κ2) is 8.36. The first kappa shape index (κ1) is 19.0. The Kier molecular flexibility index (Phi) is 5.48. The van der Waals surface area contributed by atoms with Crippen molar-refractivity contribution in [1.29, 1.82) is 0 Å². The average molecular weight is 409 g/mol. The maximum absolute atomic E-state index is 12.7. The number of nitrogens with zero attached hydrogens (tertiary/aromatic N) is 4. The fourth-order valence-electron chi connectivity index (χ4n) is 3.42. The summed E-state index contributed by atoms with van der Waals surface area (Å²) in [6.07, 6.45) is 1.56. The molecule has 1 fully saturated rings. The third-order valence-electron chi connectivity index (χ3n) is 4.90. The number of hydrogen-bond acceptors (Lipinski definition) is 7. The largest absolute Gasteiger partial charge is 0.354 e. The van der Waals surface area contributed by atoms with Crippen LogP contribution < -0.4 is 10.2 Å². The molecule has 1 aliphatic rings. The average Bonchev–Trinajstić information content (AvgIpc) is 3.29. The molecule has 148 valence electrons. The lowest BCUT2D eigenvalue weighted by Gasteiger charge is -2.32. The number of hydrogen-bond donors (Lipinski definition) is 1. The number of thiophene rings is 1. The lowest BCUT2D eigenvalue weighted by molar-refractivity contribution is -0.383. The summed E-state index contributed by atoms with van der Waals surface area (Å²) in [6, 6.07) is 14.0. The van der Waals surface area contributed by atoms with E-state index in [1.807, 2.05) is 34.5 Å². The molecule has 3 aromatic rings. The van der Waals surface area contributed by atoms with E-state index < -0.39 is 4.92 Å². The molecule has 0 aliphatic carbocycles. The zero-order valence-corrected chi connectivity index (χ0v) is 16.3. The number of piperidine rings is 1. The number of aromatic nitrogens is 2. The van der Waals surface area contributed by atoms with Crippen molar-refractivity contribution in [3.05, 3.63) is 64.0 Å². The normalized spacial score (nSPS) is 16.4. The summed E-state index contributed by atoms with van der Waals surface area (Å²) >= 11 is 1.61. The highest BCUT2D eigenvalue weighted by Gasteiger charge is 2.28. The summed E-state index contributed by atoms with van der Waals surface area (Å²) < 4.78 is 0. The third kappa shape index (κ3) is 4.24. The van der Waals surface area contributed by atoms with Crippen molar-refractivity contribution in [3.8, 4) is 10.6 Å². The zero-order chi connectivity index (χ0) is 20.2. The lowest BCUT2D eigenvalue weighted by Crippen LogP contribution is -2.41. The third-order valence-corrected chi connectivity index (χ3v) is 5.79. The Morgan fingerprint density at radius 3 is 2.76 bits per heavy atom. The number of para-hydroxylation sites is 2. The fraction of sp³-hybridized carbons (Fsp3) is 0.250. The van der Waals surface area contributed by atoms with Crippen molar-refractivity contribution in [2.75, 3.05) is 23.3 Å². The van der Waals surface area contributed by atoms with Gasteiger partial charge in [0.05, 0.1) is 15.7 Å². The molecule has 9 heteroatoms. The van der Waals surface area contributed by atoms with Gasteiger partial charge in [-0.2, -0.15) is 0 Å². The Morgan fingerprint density at radius 1 is 1.17 bits per heavy atom. The van der Waals surface area contributed by atoms with Crippen LogP contribution in [0.2, 0.25) is 0 Å². The Bertz CT molecular complexity index is 1010. The summed E-state index contributed by atoms with van der Waals surface area (Å²) in [5, 5.41) is 24.5. The van der Waals surface area contributed by atoms with Crippen molar-refractivity contribution in [2.24, 2.45) is 5.92 Å². The van der Waals surface area contributed by atoms with E-state index in [1.54, 1.807) is 29.5 Å². The van der Waals surface area contributed by atoms with E-state index in [-0.39, 0.29) is 23.2 Å². The number of carbonyl (C=O) groups excluding carboxylic acids is 1. The molecule has 4 rings (SSSR count). The van der Waals surface area contributed by atoms with Gasteiger partial charge >= 0.3 is 0 Å². The van der Waals surface area contributed by atoms with Crippen molar-refractivity contribution in [1.82, 2.24) is 10.2 Å². The highest BCUT2D eigenvalue weighted by molar-refractivity contribution is 7.13. The number of nitro benzene ring substituents is 1. The molecule has 0 bridgehead atoms. The monoisotopic (exact) mass is 409 g/mol. The Balaban J connectivity index is 1.44. The van der Waals surface area contributed by atoms with E-state index in [2.05, 4.69) is 15.5 Å². The van der Waals surface area contributed by atoms with Crippen LogP contribution in [0.5, 0.6) is 0 Å². The van der Waals surface area contributed by atoms with Gasteiger partial charge in [-0.05, 0) is 42.5 Å². The van der Waals surface area contributed by atoms with Crippen LogP contribution in [0.25, 0.3) is 10.6 Å². The first-order valence-electron chi connectivity index (χ1n) is 9.28. The fourth-order valence-corrected chi connectivity index (χ4v) is 4.11. The number of nitrogens with one attached hydrogen (secondary N) is 1. The maximum Gasteiger partial charge on any atom is 0.292 e. The predicted octanol–water partition coefficient (Wildman–Crippen LogP) is 3.97. The van der Waals surface area contributed by atoms with Crippen molar-refractivity contribution >= 4 is 34.4 Å². The van der Waals surface area contributed by atoms with Gasteiger partial charge < -0.3 is 10.2 Å². The molecular formula is C20H19N5O3S. The second-order valence-electron chi connectivity index (χ2n) is 6.80. The van der Waals surface area contributed by atoms with Crippen LogP contribution in [-0.2, 0) is 4.79 Å². The van der Waals surface area contributed by atoms with Crippen LogP contribution >= 0.6 is 11.3 Å². The standard InChI is InChI=1S/C20H19N5O3S/c26-20(21-15-6-1-2-7-17(15)25(27)28)14-5-3-11-24(13-14)19-10-9-16(22-23-19)18-8-4-12-29-18/h1-2,4,6-10,12,14H,3,5,11,13H2,(H,21,26). The molecule has 0 radical (unpaired) electrons. The van der Waals surface area contributed by atoms with Gasteiger partial charge in [-0.25, -0.2) is 0 Å². The molecule has 2 aromatic heterocycles. The van der Waals surface area contributed by atoms with E-state index in [9.17, 15) is 14.9 Å². The highest BCUT2D eigenvalue weighted by Crippen LogP contribution is 2.28. The molecule has 0 spiro atoms. The lowest BCUT2D eigenvalue weighted by atomic mass is 9.97. The van der Waals surface area contributed by atoms with Gasteiger partial charge in [0, 0.05) is 19.2 Å². The Morgan fingerprint density at radius 2 is 2.03 bits per heavy atom. The molecule has 1 N–H and O–H groups in total. The molecule has 1 unspecified atom stereocenters. The number of benzene rings is 1. The highest BCUT2D eigenvalue weighted by atomic mass is 32.1. The summed E-state index contributed by atoms with van der Waals surface area (Å²) in [5.41, 5.74) is 0.940. The van der Waals surface area contributed by atoms with Crippen LogP contribution in [0, 0.1) is 16.0 Å². The Labute approximate surface area is 171 Å². The van der Waals surface area contributed by atoms with E-state index in [0.717, 1.165) is 35.8 Å². The van der Waals surface area contributed by atoms with Crippen molar-refractivity contribution in [3.63, 3.8) is 0 Å². The van der Waals surface area contributed by atoms with E-state index in [1.165, 1.54) is 6.07 Å². The minimum atomic E-state index is -0.493. The van der Waals surface area contributed by atoms with E-state index in [0.29, 0.717) is 6.54 Å². The van der Waals surface area contributed by atoms with Gasteiger partial charge in [0.1, 0.15) is 11.4 Å². The molecule has 1 saturated heterocycles. The van der Waals surface area contributed by atoms with E-state index in [4.69, 9.17) is 0 Å². The summed E-state index contributed by atoms with van der Waals surface area (Å²) in [5.74, 6) is 0.239. The maximum atomic E-state index is 12.7. The topological polar surface area (TPSA) is 101 Å². The molecule has 1 amide bonds. The van der Waals surface area contributed by atoms with Gasteiger partial charge in [0.15, 0.2) is 5.82 Å². The molecule has 1 aromatic carbocycles. The molecule has 1 atom stereocenters. The van der Waals surface area contributed by atoms with Crippen molar-refractivity contribution < 1.29 is 9.72 Å². The minimum absolute atomic E-state index is 0.108. The van der Waals surface area contributed by atoms with Gasteiger partial charge in [-0.3, -0.25) is 14.9 Å². The number of rotatable bonds is 5. The zero-order valence-electron chi connectivity index (χ0n) is 15.5. The summed E-state index contributed by atoms with van der Waals surface area (Å²) in [7, 11) is 0. The molecule has 0 saturated carbocycles. The summed E-state index contributed by atoms with van der Waals surface area (Å²) in [4.78, 5) is 26.5. The van der Waals surface area contributed by atoms with Gasteiger partial charge in [0.2, 0.25) is 5.91 Å². The molecule has 8 nitrogen and oxygen atoms in total. The predicted molar refractivity (Wildman–Crippen MR) is 112 cm³/mol. The quantitative estimate of drug-likeness (QED) is 0.505. The number of carbonyl (C=O) groups is 1. The van der Waals surface area contributed by atoms with Gasteiger partial charge in [0.25, 0.3) is 5.69 Å². The SMILES string of the molecule is O=C(Nc1ccccc1[N+](=O)[O-])C1CCCN(c2ccc(-c3cccs3)nn2)C1. The number of nitro groups is 1. The van der Waals surface area contributed by atoms with Crippen LogP contribution in [0.15, 0.2) is 53.9 Å². The molecule has 3 heterocycles. The first-order chi connectivity index (χ1) is 14.1. The Hall–Kier alpha value is -3.33.